The summed E-state index contributed by atoms with van der Waals surface area (Å²) in [6.07, 6.45) is 3.80. The molecule has 1 aliphatic rings. The minimum absolute atomic E-state index is 0.159. The molecule has 1 aromatic heterocycles. The van der Waals surface area contributed by atoms with Crippen LogP contribution in [0.15, 0.2) is 10.7 Å². The van der Waals surface area contributed by atoms with Crippen LogP contribution in [0.5, 0.6) is 0 Å². The van der Waals surface area contributed by atoms with Crippen molar-refractivity contribution in [1.29, 1.82) is 0 Å². The Morgan fingerprint density at radius 1 is 1.62 bits per heavy atom. The van der Waals surface area contributed by atoms with Gasteiger partial charge in [-0.25, -0.2) is 0 Å². The van der Waals surface area contributed by atoms with Gasteiger partial charge >= 0.3 is 0 Å². The van der Waals surface area contributed by atoms with E-state index in [0.29, 0.717) is 11.7 Å². The van der Waals surface area contributed by atoms with Crippen LogP contribution in [-0.2, 0) is 0 Å². The van der Waals surface area contributed by atoms with E-state index in [2.05, 4.69) is 15.8 Å². The number of carbonyl (C=O) groups is 1. The first-order chi connectivity index (χ1) is 7.77. The molecule has 5 nitrogen and oxygen atoms in total. The minimum atomic E-state index is -0.159. The number of rotatable bonds is 3. The van der Waals surface area contributed by atoms with Crippen molar-refractivity contribution in [3.63, 3.8) is 0 Å². The second kappa shape index (κ2) is 5.12. The Kier molecular flexibility index (Phi) is 3.56. The van der Waals surface area contributed by atoms with Crippen LogP contribution in [0.1, 0.15) is 29.0 Å². The first-order valence-corrected chi connectivity index (χ1v) is 5.67. The van der Waals surface area contributed by atoms with Crippen molar-refractivity contribution in [2.45, 2.75) is 19.8 Å². The summed E-state index contributed by atoms with van der Waals surface area (Å²) in [6, 6.07) is 0. The van der Waals surface area contributed by atoms with Crippen molar-refractivity contribution in [3.05, 3.63) is 17.5 Å². The topological polar surface area (TPSA) is 67.2 Å². The highest BCUT2D eigenvalue weighted by Crippen LogP contribution is 2.11. The molecule has 0 spiro atoms. The smallest absolute Gasteiger partial charge is 0.290 e. The molecular weight excluding hydrogens is 206 g/mol. The Morgan fingerprint density at radius 3 is 3.00 bits per heavy atom. The number of hydrogen-bond acceptors (Lipinski definition) is 4. The van der Waals surface area contributed by atoms with E-state index in [0.717, 1.165) is 38.0 Å². The Labute approximate surface area is 94.6 Å². The van der Waals surface area contributed by atoms with Crippen molar-refractivity contribution in [2.24, 2.45) is 5.92 Å². The highest BCUT2D eigenvalue weighted by Gasteiger charge is 2.17. The molecule has 1 saturated heterocycles. The summed E-state index contributed by atoms with van der Waals surface area (Å²) in [5.74, 6) is 0.746. The van der Waals surface area contributed by atoms with Crippen molar-refractivity contribution in [1.82, 2.24) is 15.8 Å². The number of hydrogen-bond donors (Lipinski definition) is 2. The molecule has 1 aliphatic heterocycles. The minimum Gasteiger partial charge on any atom is -0.351 e. The number of aryl methyl sites for hydroxylation is 1. The van der Waals surface area contributed by atoms with Gasteiger partial charge < -0.3 is 15.2 Å². The highest BCUT2D eigenvalue weighted by atomic mass is 16.5. The molecule has 5 heteroatoms. The molecular formula is C11H17N3O2. The van der Waals surface area contributed by atoms with Crippen molar-refractivity contribution < 1.29 is 9.32 Å². The third kappa shape index (κ3) is 2.61. The molecule has 0 atom stereocenters. The fraction of sp³-hybridized carbons (Fsp3) is 0.636. The van der Waals surface area contributed by atoms with E-state index >= 15 is 0 Å². The van der Waals surface area contributed by atoms with Gasteiger partial charge in [0.2, 0.25) is 5.76 Å². The van der Waals surface area contributed by atoms with Crippen molar-refractivity contribution >= 4 is 5.91 Å². The maximum absolute atomic E-state index is 11.7. The van der Waals surface area contributed by atoms with E-state index in [1.165, 1.54) is 0 Å². The van der Waals surface area contributed by atoms with E-state index in [4.69, 9.17) is 4.52 Å². The molecule has 1 amide bonds. The molecule has 0 aliphatic carbocycles. The third-order valence-corrected chi connectivity index (χ3v) is 2.96. The number of nitrogens with one attached hydrogen (secondary N) is 2. The summed E-state index contributed by atoms with van der Waals surface area (Å²) in [5, 5.41) is 9.78. The zero-order valence-corrected chi connectivity index (χ0v) is 9.45. The SMILES string of the molecule is Cc1cnoc1C(=O)NCC1CCNCC1. The molecule has 1 aromatic rings. The fourth-order valence-electron chi connectivity index (χ4n) is 1.91. The zero-order valence-electron chi connectivity index (χ0n) is 9.45. The van der Waals surface area contributed by atoms with Crippen LogP contribution in [0, 0.1) is 12.8 Å². The first-order valence-electron chi connectivity index (χ1n) is 5.67. The third-order valence-electron chi connectivity index (χ3n) is 2.96. The molecule has 0 saturated carbocycles. The van der Waals surface area contributed by atoms with Crippen LogP contribution in [0.3, 0.4) is 0 Å². The predicted octanol–water partition coefficient (Wildman–Crippen LogP) is 0.712. The zero-order chi connectivity index (χ0) is 11.4. The number of piperidine rings is 1. The molecule has 88 valence electrons. The van der Waals surface area contributed by atoms with E-state index in [1.807, 2.05) is 6.92 Å². The van der Waals surface area contributed by atoms with E-state index in [-0.39, 0.29) is 5.91 Å². The van der Waals surface area contributed by atoms with Gasteiger partial charge in [0.25, 0.3) is 5.91 Å². The summed E-state index contributed by atoms with van der Waals surface area (Å²) in [5.41, 5.74) is 0.780. The van der Waals surface area contributed by atoms with Gasteiger partial charge in [-0.15, -0.1) is 0 Å². The first kappa shape index (κ1) is 11.1. The summed E-state index contributed by atoms with van der Waals surface area (Å²) in [6.45, 7) is 4.63. The lowest BCUT2D eigenvalue weighted by atomic mass is 9.98. The average Bonchev–Trinajstić information content (AvgIpc) is 2.74. The summed E-state index contributed by atoms with van der Waals surface area (Å²) >= 11 is 0. The Morgan fingerprint density at radius 2 is 2.38 bits per heavy atom. The van der Waals surface area contributed by atoms with Crippen LogP contribution in [0.25, 0.3) is 0 Å². The molecule has 0 bridgehead atoms. The van der Waals surface area contributed by atoms with Crippen LogP contribution in [-0.4, -0.2) is 30.7 Å². The maximum Gasteiger partial charge on any atom is 0.290 e. The lowest BCUT2D eigenvalue weighted by molar-refractivity contribution is 0.0906. The summed E-state index contributed by atoms with van der Waals surface area (Å²) in [7, 11) is 0. The van der Waals surface area contributed by atoms with Gasteiger partial charge in [0.15, 0.2) is 0 Å². The van der Waals surface area contributed by atoms with Gasteiger partial charge in [0.1, 0.15) is 0 Å². The van der Waals surface area contributed by atoms with Gasteiger partial charge in [0.05, 0.1) is 6.20 Å². The van der Waals surface area contributed by atoms with Gasteiger partial charge in [-0.2, -0.15) is 0 Å². The fourth-order valence-corrected chi connectivity index (χ4v) is 1.91. The maximum atomic E-state index is 11.7. The summed E-state index contributed by atoms with van der Waals surface area (Å²) < 4.78 is 4.89. The number of amides is 1. The van der Waals surface area contributed by atoms with Crippen LogP contribution < -0.4 is 10.6 Å². The normalized spacial score (nSPS) is 17.3. The molecule has 2 heterocycles. The van der Waals surface area contributed by atoms with Gasteiger partial charge in [-0.3, -0.25) is 4.79 Å². The van der Waals surface area contributed by atoms with Crippen LogP contribution >= 0.6 is 0 Å². The van der Waals surface area contributed by atoms with Gasteiger partial charge in [0, 0.05) is 12.1 Å². The molecule has 0 radical (unpaired) electrons. The van der Waals surface area contributed by atoms with Gasteiger partial charge in [-0.05, 0) is 38.8 Å². The average molecular weight is 223 g/mol. The second-order valence-corrected chi connectivity index (χ2v) is 4.24. The van der Waals surface area contributed by atoms with Crippen LogP contribution in [0.2, 0.25) is 0 Å². The molecule has 1 fully saturated rings. The van der Waals surface area contributed by atoms with Crippen molar-refractivity contribution in [2.75, 3.05) is 19.6 Å². The van der Waals surface area contributed by atoms with Crippen molar-refractivity contribution in [3.8, 4) is 0 Å². The number of carbonyl (C=O) groups excluding carboxylic acids is 1. The van der Waals surface area contributed by atoms with E-state index in [1.54, 1.807) is 6.20 Å². The monoisotopic (exact) mass is 223 g/mol. The van der Waals surface area contributed by atoms with Gasteiger partial charge in [-0.1, -0.05) is 5.16 Å². The predicted molar refractivity (Wildman–Crippen MR) is 59.2 cm³/mol. The quantitative estimate of drug-likeness (QED) is 0.792. The Bertz CT molecular complexity index is 356. The van der Waals surface area contributed by atoms with E-state index < -0.39 is 0 Å². The second-order valence-electron chi connectivity index (χ2n) is 4.24. The Hall–Kier alpha value is -1.36. The molecule has 2 N–H and O–H groups in total. The van der Waals surface area contributed by atoms with E-state index in [9.17, 15) is 4.79 Å². The van der Waals surface area contributed by atoms with Crippen LogP contribution in [0.4, 0.5) is 0 Å². The Balaban J connectivity index is 1.81. The number of aromatic nitrogens is 1. The number of nitrogens with zero attached hydrogens (tertiary/aromatic N) is 1. The molecule has 2 rings (SSSR count). The highest BCUT2D eigenvalue weighted by molar-refractivity contribution is 5.92. The molecule has 16 heavy (non-hydrogen) atoms. The summed E-state index contributed by atoms with van der Waals surface area (Å²) in [4.78, 5) is 11.7. The standard InChI is InChI=1S/C11H17N3O2/c1-8-6-14-16-10(8)11(15)13-7-9-2-4-12-5-3-9/h6,9,12H,2-5,7H2,1H3,(H,13,15). The molecule has 0 unspecified atom stereocenters. The lowest BCUT2D eigenvalue weighted by Crippen LogP contribution is -2.36. The molecule has 0 aromatic carbocycles. The largest absolute Gasteiger partial charge is 0.351 e. The lowest BCUT2D eigenvalue weighted by Gasteiger charge is -2.22.